The van der Waals surface area contributed by atoms with Crippen molar-refractivity contribution in [3.8, 4) is 0 Å². The van der Waals surface area contributed by atoms with Gasteiger partial charge in [-0.3, -0.25) is 4.90 Å². The highest BCUT2D eigenvalue weighted by molar-refractivity contribution is 7.89. The van der Waals surface area contributed by atoms with Crippen LogP contribution < -0.4 is 10.2 Å². The molecule has 1 saturated carbocycles. The lowest BCUT2D eigenvalue weighted by molar-refractivity contribution is 0.238. The van der Waals surface area contributed by atoms with E-state index in [1.165, 1.54) is 23.6 Å². The minimum Gasteiger partial charge on any atom is -0.335 e. The van der Waals surface area contributed by atoms with Gasteiger partial charge >= 0.3 is 6.03 Å². The number of amides is 2. The fraction of sp³-hybridized carbons (Fsp3) is 0.435. The molecule has 7 heteroatoms. The fourth-order valence-electron chi connectivity index (χ4n) is 4.35. The highest BCUT2D eigenvalue weighted by Gasteiger charge is 2.29. The van der Waals surface area contributed by atoms with E-state index < -0.39 is 10.0 Å². The number of anilines is 1. The third kappa shape index (κ3) is 4.37. The summed E-state index contributed by atoms with van der Waals surface area (Å²) in [7, 11) is -2.01. The van der Waals surface area contributed by atoms with E-state index in [9.17, 15) is 13.2 Å². The molecular formula is C23H29N3O3S. The van der Waals surface area contributed by atoms with Gasteiger partial charge in [0.05, 0.1) is 4.90 Å². The van der Waals surface area contributed by atoms with Crippen LogP contribution in [0, 0.1) is 0 Å². The van der Waals surface area contributed by atoms with Gasteiger partial charge in [0.15, 0.2) is 0 Å². The summed E-state index contributed by atoms with van der Waals surface area (Å²) in [6.45, 7) is 0.896. The van der Waals surface area contributed by atoms with Gasteiger partial charge in [-0.2, -0.15) is 4.31 Å². The Bertz CT molecular complexity index is 1000. The summed E-state index contributed by atoms with van der Waals surface area (Å²) >= 11 is 0. The Kier molecular flexibility index (Phi) is 6.11. The van der Waals surface area contributed by atoms with Crippen LogP contribution in [0.4, 0.5) is 10.5 Å². The predicted molar refractivity (Wildman–Crippen MR) is 118 cm³/mol. The standard InChI is InChI=1S/C23H29N3O3S/c1-25(17-18-8-4-2-5-9-18)30(28,29)21-12-13-22-19(16-21)14-15-26(22)23(27)24-20-10-6-3-7-11-20/h2,4-5,8-9,12-13,16,20H,3,6-7,10-11,14-15,17H2,1H3,(H,24,27). The van der Waals surface area contributed by atoms with Gasteiger partial charge < -0.3 is 5.32 Å². The molecule has 0 radical (unpaired) electrons. The Morgan fingerprint density at radius 1 is 1.10 bits per heavy atom. The van der Waals surface area contributed by atoms with Crippen LogP contribution in [0.1, 0.15) is 43.2 Å². The number of sulfonamides is 1. The lowest BCUT2D eigenvalue weighted by atomic mass is 9.96. The Hall–Kier alpha value is -2.38. The molecular weight excluding hydrogens is 398 g/mol. The Morgan fingerprint density at radius 3 is 2.57 bits per heavy atom. The number of nitrogens with one attached hydrogen (secondary N) is 1. The van der Waals surface area contributed by atoms with Crippen LogP contribution in [0.3, 0.4) is 0 Å². The third-order valence-corrected chi connectivity index (χ3v) is 7.88. The van der Waals surface area contributed by atoms with E-state index in [0.29, 0.717) is 19.5 Å². The van der Waals surface area contributed by atoms with E-state index in [4.69, 9.17) is 0 Å². The monoisotopic (exact) mass is 427 g/mol. The fourth-order valence-corrected chi connectivity index (χ4v) is 5.56. The van der Waals surface area contributed by atoms with Gasteiger partial charge in [0.2, 0.25) is 10.0 Å². The highest BCUT2D eigenvalue weighted by atomic mass is 32.2. The van der Waals surface area contributed by atoms with Gasteiger partial charge in [0, 0.05) is 31.9 Å². The van der Waals surface area contributed by atoms with E-state index in [0.717, 1.165) is 29.7 Å². The predicted octanol–water partition coefficient (Wildman–Crippen LogP) is 3.91. The molecule has 0 bridgehead atoms. The zero-order valence-electron chi connectivity index (χ0n) is 17.4. The smallest absolute Gasteiger partial charge is 0.322 e. The second-order valence-corrected chi connectivity index (χ2v) is 10.3. The van der Waals surface area contributed by atoms with E-state index >= 15 is 0 Å². The maximum Gasteiger partial charge on any atom is 0.322 e. The van der Waals surface area contributed by atoms with Crippen molar-refractivity contribution in [3.63, 3.8) is 0 Å². The molecule has 0 aromatic heterocycles. The summed E-state index contributed by atoms with van der Waals surface area (Å²) in [6.07, 6.45) is 6.32. The van der Waals surface area contributed by atoms with Crippen LogP contribution in [-0.4, -0.2) is 38.4 Å². The second-order valence-electron chi connectivity index (χ2n) is 8.22. The maximum absolute atomic E-state index is 13.0. The van der Waals surface area contributed by atoms with Gasteiger partial charge in [-0.05, 0) is 48.6 Å². The average Bonchev–Trinajstić information content (AvgIpc) is 3.18. The van der Waals surface area contributed by atoms with Gasteiger partial charge in [-0.15, -0.1) is 0 Å². The SMILES string of the molecule is CN(Cc1ccccc1)S(=O)(=O)c1ccc2c(c1)CCN2C(=O)NC1CCCCC1. The van der Waals surface area contributed by atoms with Crippen molar-refractivity contribution >= 4 is 21.7 Å². The average molecular weight is 428 g/mol. The molecule has 1 N–H and O–H groups in total. The lowest BCUT2D eigenvalue weighted by Gasteiger charge is -2.26. The zero-order chi connectivity index (χ0) is 21.1. The molecule has 0 unspecified atom stereocenters. The van der Waals surface area contributed by atoms with Gasteiger partial charge in [0.1, 0.15) is 0 Å². The van der Waals surface area contributed by atoms with E-state index in [1.54, 1.807) is 30.1 Å². The molecule has 0 saturated heterocycles. The Labute approximate surface area is 178 Å². The first-order valence-electron chi connectivity index (χ1n) is 10.7. The maximum atomic E-state index is 13.0. The van der Waals surface area contributed by atoms with Crippen molar-refractivity contribution in [1.82, 2.24) is 9.62 Å². The molecule has 0 spiro atoms. The summed E-state index contributed by atoms with van der Waals surface area (Å²) in [5, 5.41) is 3.15. The molecule has 160 valence electrons. The molecule has 4 rings (SSSR count). The molecule has 1 aliphatic carbocycles. The van der Waals surface area contributed by atoms with Crippen molar-refractivity contribution in [2.75, 3.05) is 18.5 Å². The number of nitrogens with zero attached hydrogens (tertiary/aromatic N) is 2. The molecule has 6 nitrogen and oxygen atoms in total. The van der Waals surface area contributed by atoms with Gasteiger partial charge in [-0.25, -0.2) is 13.2 Å². The molecule has 30 heavy (non-hydrogen) atoms. The van der Waals surface area contributed by atoms with Crippen molar-refractivity contribution in [2.24, 2.45) is 0 Å². The number of carbonyl (C=O) groups is 1. The molecule has 0 atom stereocenters. The van der Waals surface area contributed by atoms with Crippen LogP contribution in [0.15, 0.2) is 53.4 Å². The van der Waals surface area contributed by atoms with E-state index in [2.05, 4.69) is 5.32 Å². The molecule has 1 aliphatic heterocycles. The van der Waals surface area contributed by atoms with Gasteiger partial charge in [-0.1, -0.05) is 49.6 Å². The van der Waals surface area contributed by atoms with Crippen LogP contribution in [0.25, 0.3) is 0 Å². The molecule has 1 heterocycles. The molecule has 2 aliphatic rings. The number of urea groups is 1. The van der Waals surface area contributed by atoms with Crippen molar-refractivity contribution in [2.45, 2.75) is 56.0 Å². The van der Waals surface area contributed by atoms with E-state index in [-0.39, 0.29) is 17.0 Å². The quantitative estimate of drug-likeness (QED) is 0.786. The van der Waals surface area contributed by atoms with Crippen molar-refractivity contribution in [3.05, 3.63) is 59.7 Å². The molecule has 2 aromatic carbocycles. The van der Waals surface area contributed by atoms with Crippen LogP contribution in [0.2, 0.25) is 0 Å². The van der Waals surface area contributed by atoms with Crippen LogP contribution in [-0.2, 0) is 23.0 Å². The number of carbonyl (C=O) groups excluding carboxylic acids is 1. The topological polar surface area (TPSA) is 69.7 Å². The Balaban J connectivity index is 1.48. The number of rotatable bonds is 5. The van der Waals surface area contributed by atoms with Crippen LogP contribution in [0.5, 0.6) is 0 Å². The minimum absolute atomic E-state index is 0.0718. The molecule has 2 amide bonds. The summed E-state index contributed by atoms with van der Waals surface area (Å²) < 4.78 is 27.5. The normalized spacial score (nSPS) is 17.2. The largest absolute Gasteiger partial charge is 0.335 e. The highest BCUT2D eigenvalue weighted by Crippen LogP contribution is 2.31. The lowest BCUT2D eigenvalue weighted by Crippen LogP contribution is -2.45. The first-order valence-corrected chi connectivity index (χ1v) is 12.1. The molecule has 2 aromatic rings. The summed E-state index contributed by atoms with van der Waals surface area (Å²) in [4.78, 5) is 14.8. The zero-order valence-corrected chi connectivity index (χ0v) is 18.2. The number of fused-ring (bicyclic) bond motifs is 1. The number of benzene rings is 2. The number of hydrogen-bond acceptors (Lipinski definition) is 3. The van der Waals surface area contributed by atoms with E-state index in [1.807, 2.05) is 30.3 Å². The van der Waals surface area contributed by atoms with Crippen molar-refractivity contribution in [1.29, 1.82) is 0 Å². The molecule has 1 fully saturated rings. The first-order chi connectivity index (χ1) is 14.4. The minimum atomic E-state index is -3.60. The summed E-state index contributed by atoms with van der Waals surface area (Å²) in [6, 6.07) is 14.8. The first kappa shape index (κ1) is 20.9. The van der Waals surface area contributed by atoms with Crippen LogP contribution >= 0.6 is 0 Å². The van der Waals surface area contributed by atoms with Gasteiger partial charge in [0.25, 0.3) is 0 Å². The Morgan fingerprint density at radius 2 is 1.83 bits per heavy atom. The number of hydrogen-bond donors (Lipinski definition) is 1. The summed E-state index contributed by atoms with van der Waals surface area (Å²) in [5.41, 5.74) is 2.66. The third-order valence-electron chi connectivity index (χ3n) is 6.08. The van der Waals surface area contributed by atoms with Crippen molar-refractivity contribution < 1.29 is 13.2 Å². The summed E-state index contributed by atoms with van der Waals surface area (Å²) in [5.74, 6) is 0. The second kappa shape index (κ2) is 8.78.